The minimum Gasteiger partial charge on any atom is -0.395 e. The average molecular weight is 258 g/mol. The van der Waals surface area contributed by atoms with Gasteiger partial charge in [0.1, 0.15) is 0 Å². The van der Waals surface area contributed by atoms with E-state index in [1.807, 2.05) is 0 Å². The van der Waals surface area contributed by atoms with Crippen LogP contribution in [0.25, 0.3) is 0 Å². The second-order valence-corrected chi connectivity index (χ2v) is 4.25. The Morgan fingerprint density at radius 2 is 1.88 bits per heavy atom. The first kappa shape index (κ1) is 16.6. The van der Waals surface area contributed by atoms with Crippen LogP contribution in [0.4, 0.5) is 13.2 Å². The van der Waals surface area contributed by atoms with Gasteiger partial charge in [0.25, 0.3) is 0 Å². The molecule has 2 atom stereocenters. The molecule has 0 saturated heterocycles. The minimum atomic E-state index is -4.31. The van der Waals surface area contributed by atoms with Gasteiger partial charge in [-0.05, 0) is 13.8 Å². The molecule has 0 aromatic heterocycles. The van der Waals surface area contributed by atoms with Crippen molar-refractivity contribution in [3.63, 3.8) is 0 Å². The Kier molecular flexibility index (Phi) is 6.99. The van der Waals surface area contributed by atoms with Crippen molar-refractivity contribution < 1.29 is 23.0 Å². The zero-order valence-electron chi connectivity index (χ0n) is 10.4. The van der Waals surface area contributed by atoms with Crippen LogP contribution < -0.4 is 5.73 Å². The lowest BCUT2D eigenvalue weighted by Crippen LogP contribution is -2.56. The second kappa shape index (κ2) is 7.15. The van der Waals surface area contributed by atoms with Crippen LogP contribution in [0, 0.1) is 0 Å². The molecular formula is C10H21F3N2O2. The Morgan fingerprint density at radius 1 is 1.35 bits per heavy atom. The number of hydrogen-bond acceptors (Lipinski definition) is 4. The average Bonchev–Trinajstić information content (AvgIpc) is 2.15. The van der Waals surface area contributed by atoms with Gasteiger partial charge in [-0.3, -0.25) is 4.90 Å². The number of aliphatic hydroxyl groups excluding tert-OH is 1. The molecule has 0 amide bonds. The molecule has 0 rings (SSSR count). The molecule has 0 aliphatic carbocycles. The minimum absolute atomic E-state index is 0.103. The third-order valence-corrected chi connectivity index (χ3v) is 2.49. The highest BCUT2D eigenvalue weighted by Crippen LogP contribution is 2.20. The molecule has 0 bridgehead atoms. The zero-order valence-corrected chi connectivity index (χ0v) is 10.4. The van der Waals surface area contributed by atoms with Gasteiger partial charge in [-0.2, -0.15) is 13.2 Å². The standard InChI is InChI=1S/C10H21F3N2O2/c1-7(2)15(6-10(11,12)13)9(4-16)8(14)5-17-3/h7-9,16H,4-6,14H2,1-3H3. The Bertz CT molecular complexity index is 212. The summed E-state index contributed by atoms with van der Waals surface area (Å²) in [5, 5.41) is 9.19. The van der Waals surface area contributed by atoms with Gasteiger partial charge in [-0.25, -0.2) is 0 Å². The Labute approximate surface area is 99.5 Å². The molecule has 0 spiro atoms. The van der Waals surface area contributed by atoms with E-state index in [-0.39, 0.29) is 12.6 Å². The third-order valence-electron chi connectivity index (χ3n) is 2.49. The van der Waals surface area contributed by atoms with E-state index in [1.54, 1.807) is 13.8 Å². The number of nitrogens with zero attached hydrogens (tertiary/aromatic N) is 1. The summed E-state index contributed by atoms with van der Waals surface area (Å²) in [7, 11) is 1.41. The molecule has 0 saturated carbocycles. The molecule has 0 fully saturated rings. The summed E-state index contributed by atoms with van der Waals surface area (Å²) in [6.45, 7) is 1.85. The highest BCUT2D eigenvalue weighted by atomic mass is 19.4. The first-order chi connectivity index (χ1) is 7.72. The number of rotatable bonds is 7. The molecule has 0 aliphatic rings. The number of aliphatic hydroxyl groups is 1. The molecule has 104 valence electrons. The van der Waals surface area contributed by atoms with Crippen molar-refractivity contribution in [2.24, 2.45) is 5.73 Å². The molecule has 0 heterocycles. The van der Waals surface area contributed by atoms with Gasteiger partial charge in [0, 0.05) is 19.2 Å². The predicted molar refractivity (Wildman–Crippen MR) is 58.6 cm³/mol. The van der Waals surface area contributed by atoms with Crippen LogP contribution in [-0.4, -0.2) is 61.2 Å². The molecule has 17 heavy (non-hydrogen) atoms. The topological polar surface area (TPSA) is 58.7 Å². The molecular weight excluding hydrogens is 237 g/mol. The fraction of sp³-hybridized carbons (Fsp3) is 1.00. The van der Waals surface area contributed by atoms with Crippen LogP contribution >= 0.6 is 0 Å². The van der Waals surface area contributed by atoms with Gasteiger partial charge >= 0.3 is 6.18 Å². The molecule has 2 unspecified atom stereocenters. The number of ether oxygens (including phenoxy) is 1. The van der Waals surface area contributed by atoms with E-state index in [1.165, 1.54) is 7.11 Å². The fourth-order valence-corrected chi connectivity index (χ4v) is 1.68. The monoisotopic (exact) mass is 258 g/mol. The number of methoxy groups -OCH3 is 1. The van der Waals surface area contributed by atoms with E-state index in [4.69, 9.17) is 10.5 Å². The predicted octanol–water partition coefficient (Wildman–Crippen LogP) is 0.594. The van der Waals surface area contributed by atoms with Crippen molar-refractivity contribution in [2.45, 2.75) is 38.1 Å². The van der Waals surface area contributed by atoms with E-state index in [2.05, 4.69) is 0 Å². The lowest BCUT2D eigenvalue weighted by molar-refractivity contribution is -0.158. The summed E-state index contributed by atoms with van der Waals surface area (Å²) in [6.07, 6.45) is -4.31. The molecule has 0 aliphatic heterocycles. The molecule has 0 aromatic carbocycles. The summed E-state index contributed by atoms with van der Waals surface area (Å²) < 4.78 is 42.1. The summed E-state index contributed by atoms with van der Waals surface area (Å²) >= 11 is 0. The smallest absolute Gasteiger partial charge is 0.395 e. The van der Waals surface area contributed by atoms with Crippen molar-refractivity contribution in [3.05, 3.63) is 0 Å². The maximum atomic E-state index is 12.4. The van der Waals surface area contributed by atoms with Gasteiger partial charge in [-0.1, -0.05) is 0 Å². The van der Waals surface area contributed by atoms with Crippen LogP contribution in [0.15, 0.2) is 0 Å². The highest BCUT2D eigenvalue weighted by Gasteiger charge is 2.36. The van der Waals surface area contributed by atoms with E-state index >= 15 is 0 Å². The number of halogens is 3. The molecule has 3 N–H and O–H groups in total. The van der Waals surface area contributed by atoms with Crippen molar-refractivity contribution in [3.8, 4) is 0 Å². The first-order valence-corrected chi connectivity index (χ1v) is 5.40. The van der Waals surface area contributed by atoms with Gasteiger partial charge in [0.05, 0.1) is 25.8 Å². The van der Waals surface area contributed by atoms with Gasteiger partial charge in [-0.15, -0.1) is 0 Å². The quantitative estimate of drug-likeness (QED) is 0.702. The lowest BCUT2D eigenvalue weighted by Gasteiger charge is -2.37. The van der Waals surface area contributed by atoms with Gasteiger partial charge < -0.3 is 15.6 Å². The van der Waals surface area contributed by atoms with Crippen LogP contribution in [0.5, 0.6) is 0 Å². The van der Waals surface area contributed by atoms with Gasteiger partial charge in [0.15, 0.2) is 0 Å². The lowest BCUT2D eigenvalue weighted by atomic mass is 10.1. The SMILES string of the molecule is COCC(N)C(CO)N(CC(F)(F)F)C(C)C. The van der Waals surface area contributed by atoms with Crippen molar-refractivity contribution in [2.75, 3.05) is 26.9 Å². The molecule has 7 heteroatoms. The van der Waals surface area contributed by atoms with Crippen molar-refractivity contribution in [1.29, 1.82) is 0 Å². The van der Waals surface area contributed by atoms with E-state index < -0.39 is 31.4 Å². The second-order valence-electron chi connectivity index (χ2n) is 4.25. The summed E-state index contributed by atoms with van der Waals surface area (Å²) in [4.78, 5) is 1.14. The van der Waals surface area contributed by atoms with E-state index in [9.17, 15) is 18.3 Å². The van der Waals surface area contributed by atoms with Crippen LogP contribution in [-0.2, 0) is 4.74 Å². The summed E-state index contributed by atoms with van der Waals surface area (Å²) in [6, 6.07) is -1.79. The largest absolute Gasteiger partial charge is 0.401 e. The summed E-state index contributed by atoms with van der Waals surface area (Å²) in [5.41, 5.74) is 5.70. The number of hydrogen-bond donors (Lipinski definition) is 2. The number of nitrogens with two attached hydrogens (primary N) is 1. The Balaban J connectivity index is 4.75. The van der Waals surface area contributed by atoms with Crippen LogP contribution in [0.3, 0.4) is 0 Å². The summed E-state index contributed by atoms with van der Waals surface area (Å²) in [5.74, 6) is 0. The normalized spacial score (nSPS) is 16.6. The maximum absolute atomic E-state index is 12.4. The molecule has 0 radical (unpaired) electrons. The Hall–Kier alpha value is -0.370. The van der Waals surface area contributed by atoms with Crippen LogP contribution in [0.1, 0.15) is 13.8 Å². The van der Waals surface area contributed by atoms with Crippen molar-refractivity contribution in [1.82, 2.24) is 4.90 Å². The first-order valence-electron chi connectivity index (χ1n) is 5.40. The maximum Gasteiger partial charge on any atom is 0.401 e. The Morgan fingerprint density at radius 3 is 2.18 bits per heavy atom. The number of alkyl halides is 3. The van der Waals surface area contributed by atoms with Crippen LogP contribution in [0.2, 0.25) is 0 Å². The van der Waals surface area contributed by atoms with E-state index in [0.717, 1.165) is 4.90 Å². The van der Waals surface area contributed by atoms with E-state index in [0.29, 0.717) is 0 Å². The highest BCUT2D eigenvalue weighted by molar-refractivity contribution is 4.85. The van der Waals surface area contributed by atoms with Crippen molar-refractivity contribution >= 4 is 0 Å². The zero-order chi connectivity index (χ0) is 13.6. The third kappa shape index (κ3) is 6.21. The molecule has 4 nitrogen and oxygen atoms in total. The molecule has 0 aromatic rings. The van der Waals surface area contributed by atoms with Gasteiger partial charge in [0.2, 0.25) is 0 Å². The fourth-order valence-electron chi connectivity index (χ4n) is 1.68.